The molecule has 8 nitrogen and oxygen atoms in total. The number of hydrogen-bond acceptors (Lipinski definition) is 8. The lowest BCUT2D eigenvalue weighted by Crippen LogP contribution is -2.48. The lowest BCUT2D eigenvalue weighted by Gasteiger charge is -2.34. The molecule has 1 aliphatic rings. The molecule has 4 heterocycles. The highest BCUT2D eigenvalue weighted by molar-refractivity contribution is 7.08. The van der Waals surface area contributed by atoms with Crippen LogP contribution >= 0.6 is 11.3 Å². The highest BCUT2D eigenvalue weighted by Crippen LogP contribution is 2.19. The van der Waals surface area contributed by atoms with Crippen molar-refractivity contribution >= 4 is 23.2 Å². The summed E-state index contributed by atoms with van der Waals surface area (Å²) in [5.74, 6) is 1.61. The molecule has 0 aromatic carbocycles. The third kappa shape index (κ3) is 2.94. The van der Waals surface area contributed by atoms with Crippen molar-refractivity contribution < 1.29 is 0 Å². The van der Waals surface area contributed by atoms with Crippen LogP contribution in [0.1, 0.15) is 11.1 Å². The van der Waals surface area contributed by atoms with Crippen molar-refractivity contribution in [2.45, 2.75) is 13.5 Å². The summed E-state index contributed by atoms with van der Waals surface area (Å²) in [4.78, 5) is 13.1. The van der Waals surface area contributed by atoms with Crippen LogP contribution in [0.4, 0.5) is 11.9 Å². The van der Waals surface area contributed by atoms with Crippen molar-refractivity contribution in [2.24, 2.45) is 0 Å². The van der Waals surface area contributed by atoms with Crippen molar-refractivity contribution in [1.82, 2.24) is 30.2 Å². The van der Waals surface area contributed by atoms with Crippen molar-refractivity contribution in [2.75, 3.05) is 36.0 Å². The number of thiophene rings is 1. The molecule has 1 aliphatic heterocycles. The Kier molecular flexibility index (Phi) is 4.08. The number of aryl methyl sites for hydroxylation is 1. The van der Waals surface area contributed by atoms with Gasteiger partial charge in [-0.05, 0) is 45.3 Å². The number of rotatable bonds is 4. The molecule has 0 spiro atoms. The van der Waals surface area contributed by atoms with Gasteiger partial charge >= 0.3 is 0 Å². The molecular weight excluding hydrogens is 324 g/mol. The van der Waals surface area contributed by atoms with Crippen molar-refractivity contribution in [3.05, 3.63) is 40.3 Å². The minimum absolute atomic E-state index is 0.708. The SMILES string of the molecule is Cc1cscc1Cn1nnnc1N1CCN(c2ncccn2)CC1. The fourth-order valence-corrected chi connectivity index (χ4v) is 3.65. The fourth-order valence-electron chi connectivity index (χ4n) is 2.80. The molecule has 0 N–H and O–H groups in total. The van der Waals surface area contributed by atoms with E-state index in [-0.39, 0.29) is 0 Å². The van der Waals surface area contributed by atoms with Crippen LogP contribution in [0.3, 0.4) is 0 Å². The van der Waals surface area contributed by atoms with Crippen LogP contribution in [0.25, 0.3) is 0 Å². The smallest absolute Gasteiger partial charge is 0.245 e. The molecule has 9 heteroatoms. The second kappa shape index (κ2) is 6.52. The second-order valence-corrected chi connectivity index (χ2v) is 6.48. The van der Waals surface area contributed by atoms with Crippen molar-refractivity contribution in [3.8, 4) is 0 Å². The maximum absolute atomic E-state index is 4.32. The number of aromatic nitrogens is 6. The predicted molar refractivity (Wildman–Crippen MR) is 92.4 cm³/mol. The summed E-state index contributed by atoms with van der Waals surface area (Å²) < 4.78 is 1.88. The maximum Gasteiger partial charge on any atom is 0.245 e. The van der Waals surface area contributed by atoms with Gasteiger partial charge in [0.2, 0.25) is 11.9 Å². The first-order valence-electron chi connectivity index (χ1n) is 7.86. The van der Waals surface area contributed by atoms with E-state index in [1.807, 2.05) is 10.7 Å². The molecule has 0 amide bonds. The van der Waals surface area contributed by atoms with E-state index in [2.05, 4.69) is 53.0 Å². The van der Waals surface area contributed by atoms with Crippen molar-refractivity contribution in [3.63, 3.8) is 0 Å². The van der Waals surface area contributed by atoms with E-state index in [9.17, 15) is 0 Å². The van der Waals surface area contributed by atoms with Crippen LogP contribution in [0.5, 0.6) is 0 Å². The summed E-state index contributed by atoms with van der Waals surface area (Å²) in [6.45, 7) is 6.24. The van der Waals surface area contributed by atoms with Gasteiger partial charge in [0.1, 0.15) is 0 Å². The minimum Gasteiger partial charge on any atom is -0.337 e. The first-order valence-corrected chi connectivity index (χ1v) is 8.80. The predicted octanol–water partition coefficient (Wildman–Crippen LogP) is 1.21. The van der Waals surface area contributed by atoms with Gasteiger partial charge in [-0.15, -0.1) is 0 Å². The van der Waals surface area contributed by atoms with E-state index in [0.29, 0.717) is 6.54 Å². The minimum atomic E-state index is 0.708. The molecule has 3 aromatic heterocycles. The number of piperazine rings is 1. The Morgan fingerprint density at radius 2 is 1.79 bits per heavy atom. The van der Waals surface area contributed by atoms with Crippen LogP contribution in [0.15, 0.2) is 29.2 Å². The number of anilines is 2. The standard InChI is InChI=1S/C15H18N8S/c1-12-10-24-11-13(12)9-23-15(18-19-20-23)22-7-5-21(6-8-22)14-16-3-2-4-17-14/h2-4,10-11H,5-9H2,1H3. The Hall–Kier alpha value is -2.55. The largest absolute Gasteiger partial charge is 0.337 e. The lowest BCUT2D eigenvalue weighted by atomic mass is 10.2. The Balaban J connectivity index is 1.45. The molecule has 1 fully saturated rings. The Morgan fingerprint density at radius 3 is 2.50 bits per heavy atom. The van der Waals surface area contributed by atoms with E-state index in [4.69, 9.17) is 0 Å². The molecule has 0 unspecified atom stereocenters. The Labute approximate surface area is 143 Å². The van der Waals surface area contributed by atoms with Gasteiger partial charge in [-0.25, -0.2) is 14.6 Å². The molecule has 0 saturated carbocycles. The molecule has 0 radical (unpaired) electrons. The quantitative estimate of drug-likeness (QED) is 0.705. The van der Waals surface area contributed by atoms with E-state index in [1.165, 1.54) is 11.1 Å². The molecule has 4 rings (SSSR count). The molecule has 24 heavy (non-hydrogen) atoms. The second-order valence-electron chi connectivity index (χ2n) is 5.74. The number of nitrogens with zero attached hydrogens (tertiary/aromatic N) is 8. The summed E-state index contributed by atoms with van der Waals surface area (Å²) in [6, 6.07) is 1.83. The van der Waals surface area contributed by atoms with Gasteiger partial charge in [-0.1, -0.05) is 5.10 Å². The first-order chi connectivity index (χ1) is 11.8. The van der Waals surface area contributed by atoms with Gasteiger partial charge in [0.15, 0.2) is 0 Å². The summed E-state index contributed by atoms with van der Waals surface area (Å²) in [7, 11) is 0. The normalized spacial score (nSPS) is 15.0. The van der Waals surface area contributed by atoms with Crippen LogP contribution in [0.2, 0.25) is 0 Å². The summed E-state index contributed by atoms with van der Waals surface area (Å²) in [5, 5.41) is 16.6. The van der Waals surface area contributed by atoms with E-state index in [0.717, 1.165) is 38.1 Å². The molecule has 124 valence electrons. The molecule has 1 saturated heterocycles. The van der Waals surface area contributed by atoms with Crippen LogP contribution in [-0.2, 0) is 6.54 Å². The van der Waals surface area contributed by atoms with Crippen molar-refractivity contribution in [1.29, 1.82) is 0 Å². The number of hydrogen-bond donors (Lipinski definition) is 0. The third-order valence-corrected chi connectivity index (χ3v) is 5.10. The topological polar surface area (TPSA) is 75.9 Å². The van der Waals surface area contributed by atoms with Gasteiger partial charge in [-0.3, -0.25) is 0 Å². The van der Waals surface area contributed by atoms with E-state index >= 15 is 0 Å². The average Bonchev–Trinajstić information content (AvgIpc) is 3.26. The average molecular weight is 342 g/mol. The zero-order chi connectivity index (χ0) is 16.4. The molecule has 0 aliphatic carbocycles. The first kappa shape index (κ1) is 15.0. The van der Waals surface area contributed by atoms with E-state index in [1.54, 1.807) is 23.7 Å². The molecule has 0 bridgehead atoms. The highest BCUT2D eigenvalue weighted by Gasteiger charge is 2.23. The van der Waals surface area contributed by atoms with Gasteiger partial charge in [-0.2, -0.15) is 11.3 Å². The zero-order valence-corrected chi connectivity index (χ0v) is 14.2. The Bertz CT molecular complexity index is 791. The van der Waals surface area contributed by atoms with Gasteiger partial charge < -0.3 is 9.80 Å². The van der Waals surface area contributed by atoms with Crippen LogP contribution in [0, 0.1) is 6.92 Å². The molecule has 3 aromatic rings. The van der Waals surface area contributed by atoms with Gasteiger partial charge in [0.05, 0.1) is 6.54 Å². The van der Waals surface area contributed by atoms with Crippen LogP contribution in [-0.4, -0.2) is 56.4 Å². The summed E-state index contributed by atoms with van der Waals surface area (Å²) in [5.41, 5.74) is 2.55. The highest BCUT2D eigenvalue weighted by atomic mass is 32.1. The monoisotopic (exact) mass is 342 g/mol. The summed E-state index contributed by atoms with van der Waals surface area (Å²) >= 11 is 1.71. The number of tetrazole rings is 1. The molecular formula is C15H18N8S. The van der Waals surface area contributed by atoms with Gasteiger partial charge in [0, 0.05) is 38.6 Å². The maximum atomic E-state index is 4.32. The third-order valence-electron chi connectivity index (χ3n) is 4.19. The van der Waals surface area contributed by atoms with Gasteiger partial charge in [0.25, 0.3) is 0 Å². The lowest BCUT2D eigenvalue weighted by molar-refractivity contribution is 0.590. The fraction of sp³-hybridized carbons (Fsp3) is 0.400. The molecule has 0 atom stereocenters. The van der Waals surface area contributed by atoms with Crippen LogP contribution < -0.4 is 9.80 Å². The van der Waals surface area contributed by atoms with E-state index < -0.39 is 0 Å². The Morgan fingerprint density at radius 1 is 1.04 bits per heavy atom. The summed E-state index contributed by atoms with van der Waals surface area (Å²) in [6.07, 6.45) is 3.55. The zero-order valence-electron chi connectivity index (χ0n) is 13.4.